The molecule has 104 valence electrons. The molecule has 1 aromatic carbocycles. The first-order chi connectivity index (χ1) is 9.65. The molecule has 1 N–H and O–H groups in total. The third-order valence-corrected chi connectivity index (χ3v) is 4.14. The molecule has 3 rings (SSSR count). The van der Waals surface area contributed by atoms with Crippen LogP contribution in [0.15, 0.2) is 30.3 Å². The molecule has 1 fully saturated rings. The van der Waals surface area contributed by atoms with Crippen molar-refractivity contribution in [3.05, 3.63) is 57.3 Å². The molecular weight excluding hydrogens is 291 g/mol. The lowest BCUT2D eigenvalue weighted by molar-refractivity contribution is 1.03. The summed E-state index contributed by atoms with van der Waals surface area (Å²) < 4.78 is 0. The van der Waals surface area contributed by atoms with Gasteiger partial charge in [0.2, 0.25) is 0 Å². The van der Waals surface area contributed by atoms with Gasteiger partial charge in [0.25, 0.3) is 0 Å². The summed E-state index contributed by atoms with van der Waals surface area (Å²) in [5, 5.41) is 4.25. The number of anilines is 1. The summed E-state index contributed by atoms with van der Waals surface area (Å²) in [6.07, 6.45) is 2.61. The van der Waals surface area contributed by atoms with Crippen LogP contribution in [0.2, 0.25) is 10.3 Å². The minimum atomic E-state index is 0.427. The molecule has 1 saturated carbocycles. The average Bonchev–Trinajstić information content (AvgIpc) is 3.22. The van der Waals surface area contributed by atoms with Gasteiger partial charge in [0.1, 0.15) is 5.15 Å². The molecule has 1 heterocycles. The Kier molecular flexibility index (Phi) is 3.86. The zero-order valence-corrected chi connectivity index (χ0v) is 12.8. The van der Waals surface area contributed by atoms with E-state index >= 15 is 0 Å². The van der Waals surface area contributed by atoms with Gasteiger partial charge in [-0.15, -0.1) is 0 Å². The molecular formula is C16H16Cl2N2. The van der Waals surface area contributed by atoms with Crippen molar-refractivity contribution in [3.63, 3.8) is 0 Å². The topological polar surface area (TPSA) is 24.9 Å². The van der Waals surface area contributed by atoms with Crippen LogP contribution in [0.5, 0.6) is 0 Å². The Morgan fingerprint density at radius 2 is 2.00 bits per heavy atom. The fourth-order valence-electron chi connectivity index (χ4n) is 2.48. The maximum Gasteiger partial charge on any atom is 0.154 e. The van der Waals surface area contributed by atoms with E-state index in [4.69, 9.17) is 23.2 Å². The molecule has 0 amide bonds. The SMILES string of the molecule is Cc1cc(Cl)nc(Cl)c1NCc1ccccc1C1CC1. The van der Waals surface area contributed by atoms with Crippen LogP contribution in [0.25, 0.3) is 0 Å². The van der Waals surface area contributed by atoms with E-state index in [1.54, 1.807) is 0 Å². The Morgan fingerprint density at radius 1 is 1.25 bits per heavy atom. The summed E-state index contributed by atoms with van der Waals surface area (Å²) >= 11 is 12.0. The summed E-state index contributed by atoms with van der Waals surface area (Å²) in [7, 11) is 0. The number of aromatic nitrogens is 1. The van der Waals surface area contributed by atoms with E-state index in [9.17, 15) is 0 Å². The molecule has 1 aliphatic rings. The Hall–Kier alpha value is -1.25. The van der Waals surface area contributed by atoms with Crippen LogP contribution in [-0.2, 0) is 6.54 Å². The van der Waals surface area contributed by atoms with Crippen LogP contribution < -0.4 is 5.32 Å². The fraction of sp³-hybridized carbons (Fsp3) is 0.312. The summed E-state index contributed by atoms with van der Waals surface area (Å²) in [6, 6.07) is 10.4. The highest BCUT2D eigenvalue weighted by molar-refractivity contribution is 6.34. The number of halogens is 2. The number of aryl methyl sites for hydroxylation is 1. The molecule has 1 aliphatic carbocycles. The third kappa shape index (κ3) is 2.92. The maximum atomic E-state index is 6.16. The molecule has 0 radical (unpaired) electrons. The highest BCUT2D eigenvalue weighted by atomic mass is 35.5. The van der Waals surface area contributed by atoms with Crippen LogP contribution in [0, 0.1) is 6.92 Å². The summed E-state index contributed by atoms with van der Waals surface area (Å²) in [4.78, 5) is 4.08. The molecule has 0 spiro atoms. The monoisotopic (exact) mass is 306 g/mol. The molecule has 0 atom stereocenters. The fourth-order valence-corrected chi connectivity index (χ4v) is 3.08. The van der Waals surface area contributed by atoms with E-state index in [0.29, 0.717) is 10.3 Å². The van der Waals surface area contributed by atoms with Gasteiger partial charge in [-0.05, 0) is 48.4 Å². The van der Waals surface area contributed by atoms with Crippen LogP contribution in [0.1, 0.15) is 35.4 Å². The zero-order chi connectivity index (χ0) is 14.1. The van der Waals surface area contributed by atoms with E-state index in [-0.39, 0.29) is 0 Å². The largest absolute Gasteiger partial charge is 0.378 e. The van der Waals surface area contributed by atoms with E-state index in [0.717, 1.165) is 23.7 Å². The third-order valence-electron chi connectivity index (χ3n) is 3.67. The molecule has 0 unspecified atom stereocenters. The van der Waals surface area contributed by atoms with Crippen molar-refractivity contribution in [1.82, 2.24) is 4.98 Å². The quantitative estimate of drug-likeness (QED) is 0.787. The number of pyridine rings is 1. The van der Waals surface area contributed by atoms with Crippen LogP contribution in [0.3, 0.4) is 0 Å². The highest BCUT2D eigenvalue weighted by Crippen LogP contribution is 2.41. The summed E-state index contributed by atoms with van der Waals surface area (Å²) in [6.45, 7) is 2.74. The average molecular weight is 307 g/mol. The van der Waals surface area contributed by atoms with E-state index in [2.05, 4.69) is 34.6 Å². The van der Waals surface area contributed by atoms with Gasteiger partial charge in [-0.3, -0.25) is 0 Å². The number of benzene rings is 1. The predicted octanol–water partition coefficient (Wildman–Crippen LogP) is 5.19. The van der Waals surface area contributed by atoms with Crippen molar-refractivity contribution < 1.29 is 0 Å². The van der Waals surface area contributed by atoms with Crippen molar-refractivity contribution >= 4 is 28.9 Å². The van der Waals surface area contributed by atoms with E-state index in [1.165, 1.54) is 24.0 Å². The van der Waals surface area contributed by atoms with Crippen molar-refractivity contribution in [3.8, 4) is 0 Å². The number of hydrogen-bond acceptors (Lipinski definition) is 2. The van der Waals surface area contributed by atoms with Gasteiger partial charge in [0.15, 0.2) is 5.15 Å². The first-order valence-corrected chi connectivity index (χ1v) is 7.55. The van der Waals surface area contributed by atoms with Gasteiger partial charge in [-0.2, -0.15) is 0 Å². The molecule has 4 heteroatoms. The Bertz CT molecular complexity index is 613. The normalized spacial score (nSPS) is 14.3. The second kappa shape index (κ2) is 5.63. The minimum absolute atomic E-state index is 0.427. The Morgan fingerprint density at radius 3 is 2.70 bits per heavy atom. The van der Waals surface area contributed by atoms with Gasteiger partial charge in [0, 0.05) is 6.54 Å². The van der Waals surface area contributed by atoms with Gasteiger partial charge >= 0.3 is 0 Å². The lowest BCUT2D eigenvalue weighted by Crippen LogP contribution is -2.05. The lowest BCUT2D eigenvalue weighted by Gasteiger charge is -2.14. The first-order valence-electron chi connectivity index (χ1n) is 6.79. The molecule has 0 saturated heterocycles. The smallest absolute Gasteiger partial charge is 0.154 e. The highest BCUT2D eigenvalue weighted by Gasteiger charge is 2.25. The molecule has 1 aromatic heterocycles. The standard InChI is InChI=1S/C16H16Cl2N2/c1-10-8-14(17)20-16(18)15(10)19-9-12-4-2-3-5-13(12)11-6-7-11/h2-5,8,11,19H,6-7,9H2,1H3. The lowest BCUT2D eigenvalue weighted by atomic mass is 10.0. The van der Waals surface area contributed by atoms with Crippen LogP contribution >= 0.6 is 23.2 Å². The van der Waals surface area contributed by atoms with Crippen molar-refractivity contribution in [2.75, 3.05) is 5.32 Å². The van der Waals surface area contributed by atoms with Gasteiger partial charge in [-0.25, -0.2) is 4.98 Å². The van der Waals surface area contributed by atoms with Gasteiger partial charge in [-0.1, -0.05) is 47.5 Å². The van der Waals surface area contributed by atoms with E-state index < -0.39 is 0 Å². The minimum Gasteiger partial charge on any atom is -0.378 e. The number of hydrogen-bond donors (Lipinski definition) is 1. The summed E-state index contributed by atoms with van der Waals surface area (Å²) in [5.74, 6) is 0.743. The number of nitrogens with zero attached hydrogens (tertiary/aromatic N) is 1. The predicted molar refractivity (Wildman–Crippen MR) is 84.7 cm³/mol. The molecule has 2 aromatic rings. The van der Waals surface area contributed by atoms with E-state index in [1.807, 2.05) is 13.0 Å². The van der Waals surface area contributed by atoms with Crippen molar-refractivity contribution in [1.29, 1.82) is 0 Å². The Balaban J connectivity index is 1.80. The molecule has 20 heavy (non-hydrogen) atoms. The van der Waals surface area contributed by atoms with Crippen molar-refractivity contribution in [2.24, 2.45) is 0 Å². The molecule has 0 aliphatic heterocycles. The molecule has 2 nitrogen and oxygen atoms in total. The zero-order valence-electron chi connectivity index (χ0n) is 11.3. The number of rotatable bonds is 4. The van der Waals surface area contributed by atoms with Gasteiger partial charge in [0.05, 0.1) is 5.69 Å². The van der Waals surface area contributed by atoms with Crippen molar-refractivity contribution in [2.45, 2.75) is 32.2 Å². The van der Waals surface area contributed by atoms with Gasteiger partial charge < -0.3 is 5.32 Å². The maximum absolute atomic E-state index is 6.16. The van der Waals surface area contributed by atoms with Crippen LogP contribution in [-0.4, -0.2) is 4.98 Å². The summed E-state index contributed by atoms with van der Waals surface area (Å²) in [5.41, 5.74) is 4.66. The second-order valence-electron chi connectivity index (χ2n) is 5.25. The second-order valence-corrected chi connectivity index (χ2v) is 6.00. The van der Waals surface area contributed by atoms with Crippen LogP contribution in [0.4, 0.5) is 5.69 Å². The number of nitrogens with one attached hydrogen (secondary N) is 1. The Labute approximate surface area is 129 Å². The first kappa shape index (κ1) is 13.7. The molecule has 0 bridgehead atoms.